The third-order valence-electron chi connectivity index (χ3n) is 5.53. The molecule has 2 aromatic rings. The van der Waals surface area contributed by atoms with Gasteiger partial charge in [0.25, 0.3) is 0 Å². The van der Waals surface area contributed by atoms with Crippen LogP contribution < -0.4 is 0 Å². The van der Waals surface area contributed by atoms with Gasteiger partial charge in [0.05, 0.1) is 18.9 Å². The van der Waals surface area contributed by atoms with E-state index in [0.29, 0.717) is 0 Å². The molecule has 2 aliphatic heterocycles. The van der Waals surface area contributed by atoms with Gasteiger partial charge in [0, 0.05) is 56.7 Å². The molecule has 0 aliphatic carbocycles. The molecule has 5 heteroatoms. The van der Waals surface area contributed by atoms with E-state index in [1.54, 1.807) is 0 Å². The molecule has 1 spiro atoms. The Morgan fingerprint density at radius 2 is 1.81 bits per heavy atom. The lowest BCUT2D eigenvalue weighted by Gasteiger charge is -2.43. The fraction of sp³-hybridized carbons (Fsp3) is 0.524. The van der Waals surface area contributed by atoms with Crippen molar-refractivity contribution < 1.29 is 4.74 Å². The highest BCUT2D eigenvalue weighted by molar-refractivity contribution is 5.10. The lowest BCUT2D eigenvalue weighted by molar-refractivity contribution is 0.00241. The number of likely N-dealkylation sites (tertiary alicyclic amines) is 1. The predicted octanol–water partition coefficient (Wildman–Crippen LogP) is 2.59. The molecule has 2 saturated heterocycles. The van der Waals surface area contributed by atoms with Crippen LogP contribution in [-0.4, -0.2) is 59.2 Å². The molecule has 2 aliphatic rings. The standard InChI is InChI=1S/C21H28N4O/c1-2-8-23-20(4-1)15-25-12-13-26-18-21(17-25)7-3-11-24(16-21)14-19-5-9-22-10-6-19/h1-2,4-6,8-10H,3,7,11-18H2/t21-/m1/s1. The SMILES string of the molecule is c1ccc(CN2CCOC[C@@]3(CCCN(Cc4ccncc4)C3)C2)nc1. The lowest BCUT2D eigenvalue weighted by Crippen LogP contribution is -2.50. The Balaban J connectivity index is 1.43. The summed E-state index contributed by atoms with van der Waals surface area (Å²) >= 11 is 0. The maximum absolute atomic E-state index is 6.06. The topological polar surface area (TPSA) is 41.5 Å². The minimum atomic E-state index is 0.233. The van der Waals surface area contributed by atoms with Crippen LogP contribution in [0.4, 0.5) is 0 Å². The monoisotopic (exact) mass is 352 g/mol. The number of ether oxygens (including phenoxy) is 1. The third-order valence-corrected chi connectivity index (χ3v) is 5.53. The van der Waals surface area contributed by atoms with E-state index in [4.69, 9.17) is 4.74 Å². The van der Waals surface area contributed by atoms with Crippen molar-refractivity contribution in [2.75, 3.05) is 39.4 Å². The summed E-state index contributed by atoms with van der Waals surface area (Å²) < 4.78 is 6.06. The van der Waals surface area contributed by atoms with E-state index in [-0.39, 0.29) is 5.41 Å². The third kappa shape index (κ3) is 4.47. The van der Waals surface area contributed by atoms with Gasteiger partial charge in [0.1, 0.15) is 0 Å². The number of rotatable bonds is 4. The Bertz CT molecular complexity index is 681. The van der Waals surface area contributed by atoms with Crippen LogP contribution >= 0.6 is 0 Å². The van der Waals surface area contributed by atoms with Gasteiger partial charge < -0.3 is 4.74 Å². The molecule has 2 fully saturated rings. The zero-order valence-corrected chi connectivity index (χ0v) is 15.4. The minimum absolute atomic E-state index is 0.233. The molecule has 0 radical (unpaired) electrons. The summed E-state index contributed by atoms with van der Waals surface area (Å²) in [5.41, 5.74) is 2.72. The predicted molar refractivity (Wildman–Crippen MR) is 102 cm³/mol. The van der Waals surface area contributed by atoms with Gasteiger partial charge in [-0.15, -0.1) is 0 Å². The molecule has 0 saturated carbocycles. The van der Waals surface area contributed by atoms with Crippen molar-refractivity contribution in [3.8, 4) is 0 Å². The van der Waals surface area contributed by atoms with Crippen molar-refractivity contribution in [3.05, 3.63) is 60.2 Å². The van der Waals surface area contributed by atoms with Crippen molar-refractivity contribution >= 4 is 0 Å². The average Bonchev–Trinajstić information content (AvgIpc) is 2.85. The summed E-state index contributed by atoms with van der Waals surface area (Å²) in [4.78, 5) is 13.8. The van der Waals surface area contributed by atoms with Crippen LogP contribution in [0.15, 0.2) is 48.9 Å². The first kappa shape index (κ1) is 17.6. The fourth-order valence-corrected chi connectivity index (χ4v) is 4.38. The molecular weight excluding hydrogens is 324 g/mol. The molecule has 0 amide bonds. The van der Waals surface area contributed by atoms with Gasteiger partial charge in [0.15, 0.2) is 0 Å². The summed E-state index contributed by atoms with van der Waals surface area (Å²) in [5.74, 6) is 0. The molecule has 5 nitrogen and oxygen atoms in total. The zero-order chi connectivity index (χ0) is 17.7. The Labute approximate surface area is 156 Å². The van der Waals surface area contributed by atoms with Crippen molar-refractivity contribution in [2.24, 2.45) is 5.41 Å². The number of nitrogens with zero attached hydrogens (tertiary/aromatic N) is 4. The second-order valence-corrected chi connectivity index (χ2v) is 7.75. The number of aromatic nitrogens is 2. The number of pyridine rings is 2. The normalized spacial score (nSPS) is 25.2. The zero-order valence-electron chi connectivity index (χ0n) is 15.4. The molecule has 0 aromatic carbocycles. The number of hydrogen-bond donors (Lipinski definition) is 0. The van der Waals surface area contributed by atoms with Crippen molar-refractivity contribution in [1.29, 1.82) is 0 Å². The van der Waals surface area contributed by atoms with E-state index in [1.165, 1.54) is 24.9 Å². The first-order chi connectivity index (χ1) is 12.8. The summed E-state index contributed by atoms with van der Waals surface area (Å²) in [5, 5.41) is 0. The second kappa shape index (κ2) is 8.25. The first-order valence-corrected chi connectivity index (χ1v) is 9.63. The van der Waals surface area contributed by atoms with Crippen LogP contribution in [0.25, 0.3) is 0 Å². The molecule has 1 atom stereocenters. The van der Waals surface area contributed by atoms with E-state index in [9.17, 15) is 0 Å². The molecule has 0 N–H and O–H groups in total. The largest absolute Gasteiger partial charge is 0.379 e. The fourth-order valence-electron chi connectivity index (χ4n) is 4.38. The summed E-state index contributed by atoms with van der Waals surface area (Å²) in [6.45, 7) is 7.97. The van der Waals surface area contributed by atoms with Gasteiger partial charge in [-0.3, -0.25) is 19.8 Å². The van der Waals surface area contributed by atoms with Crippen LogP contribution in [0.1, 0.15) is 24.1 Å². The van der Waals surface area contributed by atoms with Crippen LogP contribution in [0.3, 0.4) is 0 Å². The molecule has 4 rings (SSSR count). The van der Waals surface area contributed by atoms with Gasteiger partial charge in [-0.25, -0.2) is 0 Å². The highest BCUT2D eigenvalue weighted by Crippen LogP contribution is 2.34. The lowest BCUT2D eigenvalue weighted by atomic mass is 9.80. The number of hydrogen-bond acceptors (Lipinski definition) is 5. The molecule has 26 heavy (non-hydrogen) atoms. The maximum Gasteiger partial charge on any atom is 0.0593 e. The highest BCUT2D eigenvalue weighted by atomic mass is 16.5. The quantitative estimate of drug-likeness (QED) is 0.846. The summed E-state index contributed by atoms with van der Waals surface area (Å²) in [7, 11) is 0. The Kier molecular flexibility index (Phi) is 5.58. The summed E-state index contributed by atoms with van der Waals surface area (Å²) in [6, 6.07) is 10.4. The van der Waals surface area contributed by atoms with Crippen molar-refractivity contribution in [1.82, 2.24) is 19.8 Å². The van der Waals surface area contributed by atoms with Crippen molar-refractivity contribution in [3.63, 3.8) is 0 Å². The maximum atomic E-state index is 6.06. The van der Waals surface area contributed by atoms with Crippen LogP contribution in [0.5, 0.6) is 0 Å². The van der Waals surface area contributed by atoms with E-state index >= 15 is 0 Å². The van der Waals surface area contributed by atoms with E-state index in [1.807, 2.05) is 24.7 Å². The van der Waals surface area contributed by atoms with E-state index < -0.39 is 0 Å². The van der Waals surface area contributed by atoms with E-state index in [0.717, 1.165) is 51.6 Å². The Hall–Kier alpha value is -1.82. The molecule has 0 unspecified atom stereocenters. The molecule has 138 valence electrons. The minimum Gasteiger partial charge on any atom is -0.379 e. The van der Waals surface area contributed by atoms with Crippen LogP contribution in [-0.2, 0) is 17.8 Å². The average molecular weight is 352 g/mol. The second-order valence-electron chi connectivity index (χ2n) is 7.75. The van der Waals surface area contributed by atoms with Crippen molar-refractivity contribution in [2.45, 2.75) is 25.9 Å². The van der Waals surface area contributed by atoms with E-state index in [2.05, 4.69) is 44.0 Å². The van der Waals surface area contributed by atoms with Crippen LogP contribution in [0, 0.1) is 5.41 Å². The van der Waals surface area contributed by atoms with Crippen LogP contribution in [0.2, 0.25) is 0 Å². The smallest absolute Gasteiger partial charge is 0.0593 e. The molecule has 0 bridgehead atoms. The first-order valence-electron chi connectivity index (χ1n) is 9.63. The molecule has 4 heterocycles. The number of piperidine rings is 1. The van der Waals surface area contributed by atoms with Gasteiger partial charge >= 0.3 is 0 Å². The molecular formula is C21H28N4O. The Morgan fingerprint density at radius 3 is 2.62 bits per heavy atom. The highest BCUT2D eigenvalue weighted by Gasteiger charge is 2.38. The van der Waals surface area contributed by atoms with Gasteiger partial charge in [-0.1, -0.05) is 6.07 Å². The Morgan fingerprint density at radius 1 is 0.962 bits per heavy atom. The van der Waals surface area contributed by atoms with Gasteiger partial charge in [-0.2, -0.15) is 0 Å². The van der Waals surface area contributed by atoms with Gasteiger partial charge in [-0.05, 0) is 49.2 Å². The molecule has 2 aromatic heterocycles. The van der Waals surface area contributed by atoms with Gasteiger partial charge in [0.2, 0.25) is 0 Å². The summed E-state index contributed by atoms with van der Waals surface area (Å²) in [6.07, 6.45) is 8.15.